The van der Waals surface area contributed by atoms with Gasteiger partial charge in [-0.3, -0.25) is 4.90 Å². The highest BCUT2D eigenvalue weighted by Gasteiger charge is 2.53. The molecule has 108 valence electrons. The maximum Gasteiger partial charge on any atom is 0.411 e. The summed E-state index contributed by atoms with van der Waals surface area (Å²) in [4.78, 5) is 25.9. The molecule has 1 saturated heterocycles. The Labute approximate surface area is 114 Å². The molecule has 2 aliphatic rings. The van der Waals surface area contributed by atoms with E-state index in [0.29, 0.717) is 6.61 Å². The van der Waals surface area contributed by atoms with Gasteiger partial charge in [0, 0.05) is 6.04 Å². The van der Waals surface area contributed by atoms with Crippen molar-refractivity contribution < 1.29 is 19.1 Å². The summed E-state index contributed by atoms with van der Waals surface area (Å²) >= 11 is 0. The molecule has 1 amide bonds. The SMILES string of the molecule is CCOC(=O)C1[C@@H]2CCC(C2)N1C(=O)OC(C)(C)C. The predicted octanol–water partition coefficient (Wildman–Crippen LogP) is 2.34. The van der Waals surface area contributed by atoms with Crippen LogP contribution in [0.5, 0.6) is 0 Å². The number of likely N-dealkylation sites (tertiary alicyclic amines) is 1. The Morgan fingerprint density at radius 2 is 1.95 bits per heavy atom. The first-order valence-electron chi connectivity index (χ1n) is 7.01. The first-order chi connectivity index (χ1) is 8.83. The second-order valence-electron chi connectivity index (χ2n) is 6.31. The van der Waals surface area contributed by atoms with E-state index in [1.807, 2.05) is 20.8 Å². The Hall–Kier alpha value is -1.26. The zero-order valence-corrected chi connectivity index (χ0v) is 12.1. The summed E-state index contributed by atoms with van der Waals surface area (Å²) in [6, 6.07) is -0.317. The van der Waals surface area contributed by atoms with E-state index < -0.39 is 17.7 Å². The fraction of sp³-hybridized carbons (Fsp3) is 0.857. The lowest BCUT2D eigenvalue weighted by atomic mass is 9.99. The van der Waals surface area contributed by atoms with Gasteiger partial charge in [-0.15, -0.1) is 0 Å². The van der Waals surface area contributed by atoms with Gasteiger partial charge in [0.05, 0.1) is 6.61 Å². The van der Waals surface area contributed by atoms with Crippen LogP contribution in [-0.4, -0.2) is 41.3 Å². The molecule has 0 N–H and O–H groups in total. The molecule has 1 aliphatic heterocycles. The number of nitrogens with zero attached hydrogens (tertiary/aromatic N) is 1. The van der Waals surface area contributed by atoms with Crippen LogP contribution >= 0.6 is 0 Å². The molecule has 0 spiro atoms. The number of hydrogen-bond donors (Lipinski definition) is 0. The van der Waals surface area contributed by atoms with Gasteiger partial charge in [0.1, 0.15) is 11.6 Å². The lowest BCUT2D eigenvalue weighted by Gasteiger charge is -2.34. The van der Waals surface area contributed by atoms with Crippen molar-refractivity contribution in [2.75, 3.05) is 6.61 Å². The van der Waals surface area contributed by atoms with Crippen molar-refractivity contribution >= 4 is 12.1 Å². The molecule has 1 aliphatic carbocycles. The van der Waals surface area contributed by atoms with Crippen molar-refractivity contribution in [1.29, 1.82) is 0 Å². The van der Waals surface area contributed by atoms with Gasteiger partial charge in [0.2, 0.25) is 0 Å². The molecule has 5 nitrogen and oxygen atoms in total. The zero-order valence-electron chi connectivity index (χ0n) is 12.1. The number of fused-ring (bicyclic) bond motifs is 2. The van der Waals surface area contributed by atoms with E-state index in [1.54, 1.807) is 11.8 Å². The molecule has 19 heavy (non-hydrogen) atoms. The number of esters is 1. The molecule has 0 aromatic heterocycles. The fourth-order valence-electron chi connectivity index (χ4n) is 3.10. The normalized spacial score (nSPS) is 29.5. The Kier molecular flexibility index (Phi) is 3.74. The van der Waals surface area contributed by atoms with E-state index in [1.165, 1.54) is 0 Å². The number of hydrogen-bond acceptors (Lipinski definition) is 4. The van der Waals surface area contributed by atoms with Gasteiger partial charge in [-0.2, -0.15) is 0 Å². The summed E-state index contributed by atoms with van der Waals surface area (Å²) in [5.41, 5.74) is -0.544. The molecule has 1 saturated carbocycles. The first kappa shape index (κ1) is 14.2. The maximum absolute atomic E-state index is 12.3. The lowest BCUT2D eigenvalue weighted by Crippen LogP contribution is -2.51. The van der Waals surface area contributed by atoms with Gasteiger partial charge in [-0.05, 0) is 52.9 Å². The Morgan fingerprint density at radius 1 is 1.26 bits per heavy atom. The lowest BCUT2D eigenvalue weighted by molar-refractivity contribution is -0.151. The van der Waals surface area contributed by atoms with Crippen molar-refractivity contribution in [2.24, 2.45) is 5.92 Å². The molecule has 0 aromatic carbocycles. The van der Waals surface area contributed by atoms with Crippen LogP contribution in [0.2, 0.25) is 0 Å². The molecule has 0 radical (unpaired) electrons. The van der Waals surface area contributed by atoms with Crippen molar-refractivity contribution in [1.82, 2.24) is 4.90 Å². The Bertz CT molecular complexity index is 374. The molecule has 2 fully saturated rings. The average Bonchev–Trinajstić information content (AvgIpc) is 2.85. The third kappa shape index (κ3) is 2.85. The van der Waals surface area contributed by atoms with Crippen LogP contribution in [0.4, 0.5) is 4.79 Å². The highest BCUT2D eigenvalue weighted by Crippen LogP contribution is 2.43. The Balaban J connectivity index is 2.12. The van der Waals surface area contributed by atoms with E-state index in [9.17, 15) is 9.59 Å². The fourth-order valence-corrected chi connectivity index (χ4v) is 3.10. The number of piperidine rings is 1. The Morgan fingerprint density at radius 3 is 2.53 bits per heavy atom. The molecule has 1 heterocycles. The smallest absolute Gasteiger partial charge is 0.411 e. The highest BCUT2D eigenvalue weighted by molar-refractivity contribution is 5.83. The van der Waals surface area contributed by atoms with Crippen LogP contribution < -0.4 is 0 Å². The minimum atomic E-state index is -0.544. The minimum absolute atomic E-state index is 0.134. The molecule has 2 bridgehead atoms. The van der Waals surface area contributed by atoms with E-state index in [0.717, 1.165) is 19.3 Å². The summed E-state index contributed by atoms with van der Waals surface area (Å²) in [5.74, 6) is -0.0582. The summed E-state index contributed by atoms with van der Waals surface area (Å²) in [7, 11) is 0. The summed E-state index contributed by atoms with van der Waals surface area (Å²) in [5, 5.41) is 0. The van der Waals surface area contributed by atoms with Crippen LogP contribution in [0.3, 0.4) is 0 Å². The number of ether oxygens (including phenoxy) is 2. The van der Waals surface area contributed by atoms with Gasteiger partial charge in [-0.1, -0.05) is 0 Å². The largest absolute Gasteiger partial charge is 0.464 e. The number of amides is 1. The van der Waals surface area contributed by atoms with Gasteiger partial charge in [0.15, 0.2) is 0 Å². The van der Waals surface area contributed by atoms with E-state index in [-0.39, 0.29) is 17.9 Å². The van der Waals surface area contributed by atoms with Crippen molar-refractivity contribution in [3.8, 4) is 0 Å². The molecule has 3 atom stereocenters. The molecular weight excluding hydrogens is 246 g/mol. The third-order valence-corrected chi connectivity index (χ3v) is 3.72. The van der Waals surface area contributed by atoms with Gasteiger partial charge < -0.3 is 9.47 Å². The second kappa shape index (κ2) is 5.02. The molecule has 5 heteroatoms. The maximum atomic E-state index is 12.3. The van der Waals surface area contributed by atoms with Crippen LogP contribution in [-0.2, 0) is 14.3 Å². The average molecular weight is 269 g/mol. The number of carbonyl (C=O) groups is 2. The second-order valence-corrected chi connectivity index (χ2v) is 6.31. The van der Waals surface area contributed by atoms with Crippen molar-refractivity contribution in [2.45, 2.75) is 64.6 Å². The quantitative estimate of drug-likeness (QED) is 0.722. The van der Waals surface area contributed by atoms with Gasteiger partial charge >= 0.3 is 12.1 Å². The summed E-state index contributed by atoms with van der Waals surface area (Å²) in [6.07, 6.45) is 2.45. The van der Waals surface area contributed by atoms with Crippen molar-refractivity contribution in [3.63, 3.8) is 0 Å². The monoisotopic (exact) mass is 269 g/mol. The zero-order chi connectivity index (χ0) is 14.2. The third-order valence-electron chi connectivity index (χ3n) is 3.72. The predicted molar refractivity (Wildman–Crippen MR) is 69.6 cm³/mol. The molecule has 0 aromatic rings. The van der Waals surface area contributed by atoms with E-state index in [4.69, 9.17) is 9.47 Å². The van der Waals surface area contributed by atoms with Crippen LogP contribution in [0.1, 0.15) is 47.0 Å². The van der Waals surface area contributed by atoms with Gasteiger partial charge in [0.25, 0.3) is 0 Å². The summed E-state index contributed by atoms with van der Waals surface area (Å²) in [6.45, 7) is 7.62. The molecule has 2 rings (SSSR count). The minimum Gasteiger partial charge on any atom is -0.464 e. The highest BCUT2D eigenvalue weighted by atomic mass is 16.6. The van der Waals surface area contributed by atoms with Crippen LogP contribution in [0, 0.1) is 5.92 Å². The topological polar surface area (TPSA) is 55.8 Å². The molecule has 2 unspecified atom stereocenters. The van der Waals surface area contributed by atoms with Crippen LogP contribution in [0.15, 0.2) is 0 Å². The number of carbonyl (C=O) groups excluding carboxylic acids is 2. The van der Waals surface area contributed by atoms with E-state index >= 15 is 0 Å². The molecular formula is C14H23NO4. The first-order valence-corrected chi connectivity index (χ1v) is 7.01. The van der Waals surface area contributed by atoms with Crippen LogP contribution in [0.25, 0.3) is 0 Å². The van der Waals surface area contributed by atoms with E-state index in [2.05, 4.69) is 0 Å². The van der Waals surface area contributed by atoms with Gasteiger partial charge in [-0.25, -0.2) is 9.59 Å². The summed E-state index contributed by atoms with van der Waals surface area (Å²) < 4.78 is 10.5. The van der Waals surface area contributed by atoms with Crippen molar-refractivity contribution in [3.05, 3.63) is 0 Å². The number of rotatable bonds is 2. The standard InChI is InChI=1S/C14H23NO4/c1-5-18-12(16)11-9-6-7-10(8-9)15(11)13(17)19-14(2,3)4/h9-11H,5-8H2,1-4H3/t9-,10?,11?/m1/s1.